The van der Waals surface area contributed by atoms with Crippen LogP contribution in [0.2, 0.25) is 5.02 Å². The molecule has 3 nitrogen and oxygen atoms in total. The Kier molecular flexibility index (Phi) is 5.84. The van der Waals surface area contributed by atoms with Crippen molar-refractivity contribution in [2.24, 2.45) is 0 Å². The maximum atomic E-state index is 12.0. The van der Waals surface area contributed by atoms with Crippen LogP contribution in [0.25, 0.3) is 0 Å². The van der Waals surface area contributed by atoms with Crippen LogP contribution in [0.1, 0.15) is 30.9 Å². The monoisotopic (exact) mass is 316 g/mol. The van der Waals surface area contributed by atoms with Gasteiger partial charge in [-0.05, 0) is 61.2 Å². The van der Waals surface area contributed by atoms with Crippen LogP contribution < -0.4 is 10.6 Å². The maximum absolute atomic E-state index is 12.0. The van der Waals surface area contributed by atoms with Crippen LogP contribution in [-0.2, 0) is 6.42 Å². The van der Waals surface area contributed by atoms with Crippen molar-refractivity contribution in [2.45, 2.75) is 33.1 Å². The average molecular weight is 317 g/mol. The molecule has 0 aliphatic carbocycles. The summed E-state index contributed by atoms with van der Waals surface area (Å²) in [7, 11) is 0. The number of rotatable bonds is 5. The Morgan fingerprint density at radius 1 is 1.09 bits per heavy atom. The number of benzene rings is 2. The molecule has 2 aromatic carbocycles. The first-order valence-corrected chi connectivity index (χ1v) is 7.89. The minimum absolute atomic E-state index is 0.258. The minimum atomic E-state index is -0.258. The topological polar surface area (TPSA) is 41.1 Å². The van der Waals surface area contributed by atoms with Crippen LogP contribution in [0.15, 0.2) is 42.5 Å². The Bertz CT molecular complexity index is 638. The van der Waals surface area contributed by atoms with E-state index >= 15 is 0 Å². The summed E-state index contributed by atoms with van der Waals surface area (Å²) < 4.78 is 0. The summed E-state index contributed by atoms with van der Waals surface area (Å²) in [6.07, 6.45) is 3.44. The predicted molar refractivity (Wildman–Crippen MR) is 93.9 cm³/mol. The first kappa shape index (κ1) is 16.4. The molecule has 0 saturated heterocycles. The first-order chi connectivity index (χ1) is 10.6. The summed E-state index contributed by atoms with van der Waals surface area (Å²) in [5.74, 6) is 0. The number of aryl methyl sites for hydroxylation is 2. The van der Waals surface area contributed by atoms with Crippen LogP contribution >= 0.6 is 11.6 Å². The Balaban J connectivity index is 1.94. The third-order valence-electron chi connectivity index (χ3n) is 3.47. The van der Waals surface area contributed by atoms with E-state index in [1.807, 2.05) is 25.1 Å². The van der Waals surface area contributed by atoms with Crippen molar-refractivity contribution in [2.75, 3.05) is 10.6 Å². The molecule has 2 rings (SSSR count). The van der Waals surface area contributed by atoms with Gasteiger partial charge in [0.1, 0.15) is 0 Å². The summed E-state index contributed by atoms with van der Waals surface area (Å²) in [5, 5.41) is 6.32. The van der Waals surface area contributed by atoms with E-state index in [0.717, 1.165) is 23.4 Å². The van der Waals surface area contributed by atoms with Gasteiger partial charge in [0, 0.05) is 16.4 Å². The zero-order valence-corrected chi connectivity index (χ0v) is 13.7. The number of amides is 2. The zero-order chi connectivity index (χ0) is 15.9. The van der Waals surface area contributed by atoms with Gasteiger partial charge in [-0.1, -0.05) is 37.1 Å². The number of unbranched alkanes of at least 4 members (excludes halogenated alkanes) is 1. The number of nitrogens with one attached hydrogen (secondary N) is 2. The molecule has 22 heavy (non-hydrogen) atoms. The molecule has 0 heterocycles. The second-order valence-electron chi connectivity index (χ2n) is 5.34. The van der Waals surface area contributed by atoms with Crippen molar-refractivity contribution < 1.29 is 4.79 Å². The molecule has 0 bridgehead atoms. The molecule has 2 amide bonds. The van der Waals surface area contributed by atoms with Crippen molar-refractivity contribution in [3.63, 3.8) is 0 Å². The van der Waals surface area contributed by atoms with E-state index < -0.39 is 0 Å². The predicted octanol–water partition coefficient (Wildman–Crippen LogP) is 5.64. The molecular formula is C18H21ClN2O. The van der Waals surface area contributed by atoms with Crippen LogP contribution in [0, 0.1) is 6.92 Å². The molecule has 2 N–H and O–H groups in total. The third kappa shape index (κ3) is 4.78. The van der Waals surface area contributed by atoms with Gasteiger partial charge >= 0.3 is 6.03 Å². The molecule has 2 aromatic rings. The molecule has 0 aromatic heterocycles. The highest BCUT2D eigenvalue weighted by molar-refractivity contribution is 6.30. The number of hydrogen-bond acceptors (Lipinski definition) is 1. The molecule has 0 saturated carbocycles. The second-order valence-corrected chi connectivity index (χ2v) is 5.78. The molecule has 4 heteroatoms. The number of hydrogen-bond donors (Lipinski definition) is 2. The molecule has 0 fully saturated rings. The zero-order valence-electron chi connectivity index (χ0n) is 12.9. The molecule has 0 unspecified atom stereocenters. The normalized spacial score (nSPS) is 10.3. The smallest absolute Gasteiger partial charge is 0.308 e. The van der Waals surface area contributed by atoms with Gasteiger partial charge in [-0.15, -0.1) is 0 Å². The van der Waals surface area contributed by atoms with E-state index in [1.54, 1.807) is 12.1 Å². The van der Waals surface area contributed by atoms with Crippen molar-refractivity contribution >= 4 is 29.0 Å². The molecule has 0 spiro atoms. The SMILES string of the molecule is CCCCc1ccc(NC(=O)Nc2ccc(Cl)cc2C)cc1. The fraction of sp³-hybridized carbons (Fsp3) is 0.278. The number of halogens is 1. The number of urea groups is 1. The Hall–Kier alpha value is -2.00. The largest absolute Gasteiger partial charge is 0.323 e. The van der Waals surface area contributed by atoms with Crippen LogP contribution in [-0.4, -0.2) is 6.03 Å². The second kappa shape index (κ2) is 7.85. The highest BCUT2D eigenvalue weighted by Gasteiger charge is 2.05. The van der Waals surface area contributed by atoms with Crippen LogP contribution in [0.5, 0.6) is 0 Å². The lowest BCUT2D eigenvalue weighted by molar-refractivity contribution is 0.262. The Labute approximate surface area is 136 Å². The van der Waals surface area contributed by atoms with E-state index in [1.165, 1.54) is 18.4 Å². The van der Waals surface area contributed by atoms with Crippen molar-refractivity contribution in [3.05, 3.63) is 58.6 Å². The van der Waals surface area contributed by atoms with E-state index in [9.17, 15) is 4.79 Å². The third-order valence-corrected chi connectivity index (χ3v) is 3.70. The van der Waals surface area contributed by atoms with Crippen LogP contribution in [0.4, 0.5) is 16.2 Å². The molecule has 0 aliphatic rings. The van der Waals surface area contributed by atoms with E-state index in [0.29, 0.717) is 5.02 Å². The van der Waals surface area contributed by atoms with Crippen molar-refractivity contribution in [1.82, 2.24) is 0 Å². The summed E-state index contributed by atoms with van der Waals surface area (Å²) in [5.41, 5.74) is 3.75. The molecule has 116 valence electrons. The molecule has 0 radical (unpaired) electrons. The number of anilines is 2. The summed E-state index contributed by atoms with van der Waals surface area (Å²) in [6.45, 7) is 4.09. The fourth-order valence-corrected chi connectivity index (χ4v) is 2.41. The lowest BCUT2D eigenvalue weighted by Gasteiger charge is -2.10. The molecule has 0 atom stereocenters. The molecular weight excluding hydrogens is 296 g/mol. The highest BCUT2D eigenvalue weighted by atomic mass is 35.5. The molecule has 0 aliphatic heterocycles. The lowest BCUT2D eigenvalue weighted by atomic mass is 10.1. The number of carbonyl (C=O) groups excluding carboxylic acids is 1. The average Bonchev–Trinajstić information content (AvgIpc) is 2.49. The van der Waals surface area contributed by atoms with Crippen molar-refractivity contribution in [3.8, 4) is 0 Å². The first-order valence-electron chi connectivity index (χ1n) is 7.51. The summed E-state index contributed by atoms with van der Waals surface area (Å²) in [6, 6.07) is 13.1. The van der Waals surface area contributed by atoms with Gasteiger partial charge < -0.3 is 10.6 Å². The van der Waals surface area contributed by atoms with Gasteiger partial charge in [-0.3, -0.25) is 0 Å². The standard InChI is InChI=1S/C18H21ClN2O/c1-3-4-5-14-6-9-16(10-7-14)20-18(22)21-17-11-8-15(19)12-13(17)2/h6-12H,3-5H2,1-2H3,(H2,20,21,22). The summed E-state index contributed by atoms with van der Waals surface area (Å²) in [4.78, 5) is 12.0. The lowest BCUT2D eigenvalue weighted by Crippen LogP contribution is -2.19. The van der Waals surface area contributed by atoms with Gasteiger partial charge in [0.05, 0.1) is 0 Å². The minimum Gasteiger partial charge on any atom is -0.308 e. The highest BCUT2D eigenvalue weighted by Crippen LogP contribution is 2.20. The van der Waals surface area contributed by atoms with Crippen molar-refractivity contribution in [1.29, 1.82) is 0 Å². The van der Waals surface area contributed by atoms with Gasteiger partial charge in [-0.25, -0.2) is 4.79 Å². The Morgan fingerprint density at radius 3 is 2.45 bits per heavy atom. The quantitative estimate of drug-likeness (QED) is 0.737. The maximum Gasteiger partial charge on any atom is 0.323 e. The fourth-order valence-electron chi connectivity index (χ4n) is 2.19. The van der Waals surface area contributed by atoms with Gasteiger partial charge in [0.2, 0.25) is 0 Å². The van der Waals surface area contributed by atoms with E-state index in [2.05, 4.69) is 29.7 Å². The van der Waals surface area contributed by atoms with Gasteiger partial charge in [0.15, 0.2) is 0 Å². The summed E-state index contributed by atoms with van der Waals surface area (Å²) >= 11 is 5.91. The van der Waals surface area contributed by atoms with E-state index in [-0.39, 0.29) is 6.03 Å². The van der Waals surface area contributed by atoms with Gasteiger partial charge in [-0.2, -0.15) is 0 Å². The number of carbonyl (C=O) groups is 1. The van der Waals surface area contributed by atoms with Crippen LogP contribution in [0.3, 0.4) is 0 Å². The van der Waals surface area contributed by atoms with Gasteiger partial charge in [0.25, 0.3) is 0 Å². The van der Waals surface area contributed by atoms with E-state index in [4.69, 9.17) is 11.6 Å². The Morgan fingerprint density at radius 2 is 1.82 bits per heavy atom.